The first kappa shape index (κ1) is 40.1. The van der Waals surface area contributed by atoms with E-state index in [1.54, 1.807) is 71.5 Å². The lowest BCUT2D eigenvalue weighted by Gasteiger charge is -2.36. The Kier molecular flexibility index (Phi) is 8.68. The molecule has 2 saturated heterocycles. The lowest BCUT2D eigenvalue weighted by atomic mass is 9.83. The molecule has 3 fully saturated rings. The number of benzene rings is 3. The van der Waals surface area contributed by atoms with Crippen LogP contribution in [-0.4, -0.2) is 66.6 Å². The van der Waals surface area contributed by atoms with Gasteiger partial charge in [-0.05, 0) is 131 Å². The van der Waals surface area contributed by atoms with Crippen LogP contribution in [0, 0.1) is 31.4 Å². The van der Waals surface area contributed by atoms with Crippen molar-refractivity contribution in [2.45, 2.75) is 109 Å². The summed E-state index contributed by atoms with van der Waals surface area (Å²) in [6.45, 7) is 11.3. The van der Waals surface area contributed by atoms with Gasteiger partial charge in [0.05, 0.1) is 39.8 Å². The van der Waals surface area contributed by atoms with Gasteiger partial charge < -0.3 is 9.30 Å². The van der Waals surface area contributed by atoms with Crippen LogP contribution in [0.1, 0.15) is 104 Å². The number of nitrogens with zero attached hydrogens (tertiary/aromatic N) is 9. The summed E-state index contributed by atoms with van der Waals surface area (Å²) in [5.41, 5.74) is 6.24. The average molecular weight is 881 g/mol. The van der Waals surface area contributed by atoms with Crippen LogP contribution < -0.4 is 11.4 Å². The molecule has 2 bridgehead atoms. The number of hydrogen-bond acceptors (Lipinski definition) is 8. The van der Waals surface area contributed by atoms with Gasteiger partial charge in [0.2, 0.25) is 0 Å². The lowest BCUT2D eigenvalue weighted by molar-refractivity contribution is -0.0592. The highest BCUT2D eigenvalue weighted by Gasteiger charge is 2.59. The molecule has 3 aliphatic heterocycles. The van der Waals surface area contributed by atoms with Crippen molar-refractivity contribution in [3.05, 3.63) is 139 Å². The third kappa shape index (κ3) is 5.98. The third-order valence-electron chi connectivity index (χ3n) is 15.1. The third-order valence-corrected chi connectivity index (χ3v) is 15.1. The number of aromatic nitrogens is 9. The molecule has 4 aliphatic rings. The number of halogens is 2. The van der Waals surface area contributed by atoms with Gasteiger partial charge in [-0.15, -0.1) is 0 Å². The van der Waals surface area contributed by atoms with Crippen LogP contribution in [0.5, 0.6) is 0 Å². The fraction of sp³-hybridized carbons (Fsp3) is 0.408. The number of hydrogen-bond donors (Lipinski definition) is 1. The maximum absolute atomic E-state index is 16.2. The largest absolute Gasteiger partial charge is 0.438 e. The van der Waals surface area contributed by atoms with Crippen LogP contribution >= 0.6 is 0 Å². The highest BCUT2D eigenvalue weighted by Crippen LogP contribution is 2.57. The molecule has 0 unspecified atom stereocenters. The molecule has 14 nitrogen and oxygen atoms in total. The lowest BCUT2D eigenvalue weighted by Crippen LogP contribution is -2.38. The molecular formula is C49H50F2N10O4. The Bertz CT molecular complexity index is 3360. The summed E-state index contributed by atoms with van der Waals surface area (Å²) >= 11 is 0. The molecule has 16 heteroatoms. The van der Waals surface area contributed by atoms with Crippen molar-refractivity contribution in [1.82, 2.24) is 48.3 Å². The Labute approximate surface area is 372 Å². The summed E-state index contributed by atoms with van der Waals surface area (Å²) in [6.07, 6.45) is 9.76. The number of ether oxygens (including phenoxy) is 1. The maximum Gasteiger partial charge on any atom is 0.438 e. The van der Waals surface area contributed by atoms with E-state index in [4.69, 9.17) is 14.4 Å². The standard InChI is InChI=1S/C49H50F2N10O4/c1-26-17-33(18-27(2)42(26)50)61-44(58-15-14-57(47(58)63)40-12-11-38-35(43(40)51)24-52-56(38)6)41-36(54-61)21-32-8-10-39(41)59(32)25-34-20-31-19-29(30-13-16-64-48(4,5)23-30)7-9-37(31)60(34)49(22-28(49)3)45-53-46(62)65-55-45/h7,9,11-12,14-15,17-20,24,28,30,32,39H,8,10,13,16,21-23,25H2,1-6H3,(H,53,55,62)/t28-,30-,32+,39-,49-/m0/s1. The number of imidazole rings is 1. The summed E-state index contributed by atoms with van der Waals surface area (Å²) in [5.74, 6) is 0.182. The molecule has 0 spiro atoms. The van der Waals surface area contributed by atoms with Gasteiger partial charge in [0.1, 0.15) is 17.2 Å². The van der Waals surface area contributed by atoms with E-state index in [-0.39, 0.29) is 35.1 Å². The second-order valence-corrected chi connectivity index (χ2v) is 19.6. The minimum Gasteiger partial charge on any atom is -0.376 e. The van der Waals surface area contributed by atoms with Crippen LogP contribution in [0.4, 0.5) is 8.78 Å². The van der Waals surface area contributed by atoms with Crippen LogP contribution in [-0.2, 0) is 30.3 Å². The van der Waals surface area contributed by atoms with Crippen molar-refractivity contribution < 1.29 is 18.0 Å². The first-order chi connectivity index (χ1) is 31.2. The number of fused-ring (bicyclic) bond motifs is 6. The van der Waals surface area contributed by atoms with Gasteiger partial charge in [0.25, 0.3) is 0 Å². The number of H-pyrrole nitrogens is 1. The zero-order valence-electron chi connectivity index (χ0n) is 37.2. The molecule has 8 heterocycles. The molecule has 8 aromatic rings. The van der Waals surface area contributed by atoms with E-state index in [0.717, 1.165) is 66.6 Å². The molecule has 1 N–H and O–H groups in total. The highest BCUT2D eigenvalue weighted by atomic mass is 19.1. The molecule has 0 radical (unpaired) electrons. The SMILES string of the molecule is Cc1cc(-n2nc3c(c2-n2ccn(-c4ccc5c(cnn5C)c4F)c2=O)[C@@H]2CC[C@H](C3)N2Cc2cc3cc([C@H]4CCOC(C)(C)C4)ccc3n2[C@@]2(c3noc(=O)[nH]3)C[C@@H]2C)cc(C)c1F. The Balaban J connectivity index is 1.00. The van der Waals surface area contributed by atoms with Crippen LogP contribution in [0.3, 0.4) is 0 Å². The Morgan fingerprint density at radius 2 is 1.69 bits per heavy atom. The molecule has 0 amide bonds. The van der Waals surface area contributed by atoms with Crippen molar-refractivity contribution in [2.24, 2.45) is 13.0 Å². The van der Waals surface area contributed by atoms with E-state index in [0.29, 0.717) is 58.2 Å². The van der Waals surface area contributed by atoms with E-state index in [1.165, 1.54) is 16.3 Å². The number of rotatable bonds is 8. The average Bonchev–Trinajstić information content (AvgIpc) is 3.96. The fourth-order valence-corrected chi connectivity index (χ4v) is 11.8. The fourth-order valence-electron chi connectivity index (χ4n) is 11.8. The number of aryl methyl sites for hydroxylation is 3. The first-order valence-corrected chi connectivity index (χ1v) is 22.6. The van der Waals surface area contributed by atoms with Gasteiger partial charge in [-0.1, -0.05) is 18.1 Å². The van der Waals surface area contributed by atoms with Gasteiger partial charge in [-0.3, -0.25) is 28.2 Å². The van der Waals surface area contributed by atoms with Crippen LogP contribution in [0.25, 0.3) is 39.0 Å². The van der Waals surface area contributed by atoms with Gasteiger partial charge in [0.15, 0.2) is 11.6 Å². The predicted octanol–water partition coefficient (Wildman–Crippen LogP) is 7.94. The molecule has 1 saturated carbocycles. The topological polar surface area (TPSA) is 139 Å². The smallest absolute Gasteiger partial charge is 0.376 e. The van der Waals surface area contributed by atoms with Crippen LogP contribution in [0.2, 0.25) is 0 Å². The summed E-state index contributed by atoms with van der Waals surface area (Å²) in [4.78, 5) is 32.7. The number of aromatic amines is 1. The van der Waals surface area contributed by atoms with E-state index < -0.39 is 22.8 Å². The molecule has 65 heavy (non-hydrogen) atoms. The Morgan fingerprint density at radius 1 is 0.923 bits per heavy atom. The first-order valence-electron chi connectivity index (χ1n) is 22.6. The van der Waals surface area contributed by atoms with Gasteiger partial charge in [0, 0.05) is 73.3 Å². The quantitative estimate of drug-likeness (QED) is 0.162. The molecular weight excluding hydrogens is 831 g/mol. The second kappa shape index (κ2) is 14.1. The number of nitrogens with one attached hydrogen (secondary N) is 1. The Hall–Kier alpha value is -6.39. The highest BCUT2D eigenvalue weighted by molar-refractivity contribution is 5.84. The van der Waals surface area contributed by atoms with Gasteiger partial charge in [-0.2, -0.15) is 10.2 Å². The van der Waals surface area contributed by atoms with Crippen molar-refractivity contribution in [3.8, 4) is 17.2 Å². The summed E-state index contributed by atoms with van der Waals surface area (Å²) in [6, 6.07) is 16.0. The van der Waals surface area contributed by atoms with E-state index in [2.05, 4.69) is 69.7 Å². The van der Waals surface area contributed by atoms with Crippen molar-refractivity contribution >= 4 is 21.8 Å². The summed E-state index contributed by atoms with van der Waals surface area (Å²) in [5, 5.41) is 15.2. The molecule has 3 aromatic carbocycles. The summed E-state index contributed by atoms with van der Waals surface area (Å²) < 4.78 is 51.2. The van der Waals surface area contributed by atoms with Crippen LogP contribution in [0.15, 0.2) is 81.2 Å². The van der Waals surface area contributed by atoms with Gasteiger partial charge in [-0.25, -0.2) is 23.1 Å². The monoisotopic (exact) mass is 880 g/mol. The van der Waals surface area contributed by atoms with Crippen molar-refractivity contribution in [3.63, 3.8) is 0 Å². The van der Waals surface area contributed by atoms with Crippen molar-refractivity contribution in [2.75, 3.05) is 6.61 Å². The minimum atomic E-state index is -0.607. The zero-order chi connectivity index (χ0) is 44.8. The minimum absolute atomic E-state index is 0.110. The van der Waals surface area contributed by atoms with E-state index >= 15 is 8.78 Å². The Morgan fingerprint density at radius 3 is 2.43 bits per heavy atom. The predicted molar refractivity (Wildman–Crippen MR) is 239 cm³/mol. The second-order valence-electron chi connectivity index (χ2n) is 19.6. The molecule has 5 atom stereocenters. The summed E-state index contributed by atoms with van der Waals surface area (Å²) in [7, 11) is 1.75. The van der Waals surface area contributed by atoms with Crippen molar-refractivity contribution in [1.29, 1.82) is 0 Å². The normalized spacial score (nSPS) is 23.8. The van der Waals surface area contributed by atoms with E-state index in [9.17, 15) is 9.59 Å². The molecule has 12 rings (SSSR count). The molecule has 1 aliphatic carbocycles. The maximum atomic E-state index is 16.2. The zero-order valence-corrected chi connectivity index (χ0v) is 37.2. The molecule has 5 aromatic heterocycles. The van der Waals surface area contributed by atoms with Gasteiger partial charge >= 0.3 is 11.4 Å². The molecule has 334 valence electrons. The van der Waals surface area contributed by atoms with E-state index in [1.807, 2.05) is 0 Å².